The molecule has 20 heavy (non-hydrogen) atoms. The number of thiazole rings is 1. The molecule has 1 fully saturated rings. The molecular weight excluding hydrogens is 296 g/mol. The molecule has 8 heteroatoms. The second-order valence-corrected chi connectivity index (χ2v) is 5.96. The summed E-state index contributed by atoms with van der Waals surface area (Å²) in [6.07, 6.45) is 1.60. The zero-order chi connectivity index (χ0) is 14.1. The number of pyridine rings is 1. The number of aromatic nitrogens is 2. The van der Waals surface area contributed by atoms with E-state index in [1.165, 1.54) is 0 Å². The Morgan fingerprint density at radius 2 is 2.25 bits per heavy atom. The quantitative estimate of drug-likeness (QED) is 0.783. The monoisotopic (exact) mass is 306 g/mol. The summed E-state index contributed by atoms with van der Waals surface area (Å²) in [5, 5.41) is 10.5. The Labute approximate surface area is 124 Å². The molecule has 0 amide bonds. The second kappa shape index (κ2) is 5.44. The number of hydrogen-bond donors (Lipinski definition) is 3. The lowest BCUT2D eigenvalue weighted by molar-refractivity contribution is 0.549. The largest absolute Gasteiger partial charge is 0.252 e. The third-order valence-corrected chi connectivity index (χ3v) is 4.23. The van der Waals surface area contributed by atoms with Gasteiger partial charge in [-0.15, -0.1) is 11.3 Å². The molecule has 0 radical (unpaired) electrons. The van der Waals surface area contributed by atoms with Crippen LogP contribution in [0.1, 0.15) is 16.6 Å². The van der Waals surface area contributed by atoms with Crippen molar-refractivity contribution < 1.29 is 0 Å². The van der Waals surface area contributed by atoms with Gasteiger partial charge in [0.25, 0.3) is 0 Å². The lowest BCUT2D eigenvalue weighted by Gasteiger charge is -2.09. The summed E-state index contributed by atoms with van der Waals surface area (Å²) >= 11 is 7.39. The molecule has 1 saturated heterocycles. The van der Waals surface area contributed by atoms with Crippen LogP contribution in [0.5, 0.6) is 0 Å². The van der Waals surface area contributed by atoms with E-state index in [9.17, 15) is 0 Å². The molecule has 2 aromatic heterocycles. The lowest BCUT2D eigenvalue weighted by Crippen LogP contribution is -2.32. The molecule has 1 aliphatic heterocycles. The standard InChI is InChI=1S/C12H11ClN6S/c1-6-10(11-9(4-14)17-19-18-11)16-12(20-6)8-3-2-7(13)5-15-8/h2-3,5,9,11,17-19H,1H3. The zero-order valence-corrected chi connectivity index (χ0v) is 12.1. The third-order valence-electron chi connectivity index (χ3n) is 3.00. The van der Waals surface area contributed by atoms with Gasteiger partial charge in [-0.1, -0.05) is 11.6 Å². The van der Waals surface area contributed by atoms with E-state index in [-0.39, 0.29) is 12.1 Å². The van der Waals surface area contributed by atoms with Gasteiger partial charge >= 0.3 is 0 Å². The van der Waals surface area contributed by atoms with Gasteiger partial charge in [0, 0.05) is 11.1 Å². The van der Waals surface area contributed by atoms with Crippen LogP contribution in [0.4, 0.5) is 0 Å². The summed E-state index contributed by atoms with van der Waals surface area (Å²) in [6, 6.07) is 5.27. The normalized spacial score (nSPS) is 21.9. The molecule has 6 nitrogen and oxygen atoms in total. The lowest BCUT2D eigenvalue weighted by atomic mass is 10.1. The number of aryl methyl sites for hydroxylation is 1. The third kappa shape index (κ3) is 2.40. The minimum absolute atomic E-state index is 0.183. The topological polar surface area (TPSA) is 85.7 Å². The molecule has 2 atom stereocenters. The molecule has 2 unspecified atom stereocenters. The first-order valence-electron chi connectivity index (χ1n) is 5.94. The predicted molar refractivity (Wildman–Crippen MR) is 76.6 cm³/mol. The number of nitrogens with zero attached hydrogens (tertiary/aromatic N) is 3. The summed E-state index contributed by atoms with van der Waals surface area (Å²) in [6.45, 7) is 1.99. The van der Waals surface area contributed by atoms with E-state index in [0.717, 1.165) is 21.3 Å². The number of halogens is 1. The summed E-state index contributed by atoms with van der Waals surface area (Å²) in [7, 11) is 0. The van der Waals surface area contributed by atoms with Gasteiger partial charge in [-0.3, -0.25) is 4.98 Å². The number of nitrogens with one attached hydrogen (secondary N) is 3. The van der Waals surface area contributed by atoms with Gasteiger partial charge in [0.05, 0.1) is 28.5 Å². The Morgan fingerprint density at radius 3 is 2.95 bits per heavy atom. The first-order chi connectivity index (χ1) is 9.69. The van der Waals surface area contributed by atoms with E-state index in [4.69, 9.17) is 16.9 Å². The van der Waals surface area contributed by atoms with Crippen LogP contribution in [-0.4, -0.2) is 16.0 Å². The average molecular weight is 307 g/mol. The van der Waals surface area contributed by atoms with Crippen molar-refractivity contribution in [3.63, 3.8) is 0 Å². The van der Waals surface area contributed by atoms with Crippen molar-refractivity contribution in [3.05, 3.63) is 33.9 Å². The predicted octanol–water partition coefficient (Wildman–Crippen LogP) is 1.71. The minimum Gasteiger partial charge on any atom is -0.252 e. The van der Waals surface area contributed by atoms with Crippen LogP contribution >= 0.6 is 22.9 Å². The second-order valence-electron chi connectivity index (χ2n) is 4.32. The fourth-order valence-electron chi connectivity index (χ4n) is 2.01. The van der Waals surface area contributed by atoms with Crippen molar-refractivity contribution >= 4 is 22.9 Å². The molecule has 0 saturated carbocycles. The van der Waals surface area contributed by atoms with Crippen LogP contribution in [0, 0.1) is 18.3 Å². The van der Waals surface area contributed by atoms with E-state index < -0.39 is 0 Å². The molecule has 1 aliphatic rings. The average Bonchev–Trinajstić information content (AvgIpc) is 3.05. The van der Waals surface area contributed by atoms with Crippen molar-refractivity contribution in [2.24, 2.45) is 0 Å². The first-order valence-corrected chi connectivity index (χ1v) is 7.13. The number of rotatable bonds is 2. The fourth-order valence-corrected chi connectivity index (χ4v) is 3.05. The van der Waals surface area contributed by atoms with Crippen LogP contribution < -0.4 is 16.4 Å². The number of hydrazine groups is 2. The van der Waals surface area contributed by atoms with Gasteiger partial charge in [-0.2, -0.15) is 10.8 Å². The molecule has 3 rings (SSSR count). The molecule has 0 aromatic carbocycles. The molecule has 0 spiro atoms. The van der Waals surface area contributed by atoms with E-state index in [1.54, 1.807) is 23.6 Å². The SMILES string of the molecule is Cc1sc(-c2ccc(Cl)cn2)nc1C1NNNC1C#N. The Balaban J connectivity index is 1.95. The highest BCUT2D eigenvalue weighted by Gasteiger charge is 2.31. The highest BCUT2D eigenvalue weighted by molar-refractivity contribution is 7.15. The highest BCUT2D eigenvalue weighted by Crippen LogP contribution is 2.31. The van der Waals surface area contributed by atoms with Crippen LogP contribution in [0.25, 0.3) is 10.7 Å². The molecule has 3 heterocycles. The number of nitriles is 1. The van der Waals surface area contributed by atoms with Gasteiger partial charge < -0.3 is 0 Å². The molecule has 102 valence electrons. The zero-order valence-electron chi connectivity index (χ0n) is 10.5. The molecule has 0 aliphatic carbocycles. The van der Waals surface area contributed by atoms with Crippen molar-refractivity contribution in [2.45, 2.75) is 19.0 Å². The van der Waals surface area contributed by atoms with E-state index in [1.807, 2.05) is 13.0 Å². The maximum Gasteiger partial charge on any atom is 0.142 e. The van der Waals surface area contributed by atoms with Gasteiger partial charge in [-0.25, -0.2) is 15.8 Å². The van der Waals surface area contributed by atoms with Gasteiger partial charge in [0.1, 0.15) is 11.0 Å². The maximum atomic E-state index is 9.10. The first kappa shape index (κ1) is 13.4. The molecular formula is C12H11ClN6S. The molecule has 0 bridgehead atoms. The minimum atomic E-state index is -0.359. The van der Waals surface area contributed by atoms with E-state index in [0.29, 0.717) is 5.02 Å². The van der Waals surface area contributed by atoms with Crippen LogP contribution in [-0.2, 0) is 0 Å². The Kier molecular flexibility index (Phi) is 3.65. The van der Waals surface area contributed by atoms with Crippen molar-refractivity contribution in [3.8, 4) is 16.8 Å². The van der Waals surface area contributed by atoms with E-state index >= 15 is 0 Å². The van der Waals surface area contributed by atoms with Gasteiger partial charge in [-0.05, 0) is 19.1 Å². The van der Waals surface area contributed by atoms with Crippen molar-refractivity contribution in [1.29, 1.82) is 5.26 Å². The Bertz CT molecular complexity index is 662. The van der Waals surface area contributed by atoms with Crippen molar-refractivity contribution in [2.75, 3.05) is 0 Å². The van der Waals surface area contributed by atoms with Crippen LogP contribution in [0.15, 0.2) is 18.3 Å². The number of hydrogen-bond acceptors (Lipinski definition) is 7. The van der Waals surface area contributed by atoms with Crippen molar-refractivity contribution in [1.82, 2.24) is 26.4 Å². The highest BCUT2D eigenvalue weighted by atomic mass is 35.5. The van der Waals surface area contributed by atoms with Crippen LogP contribution in [0.3, 0.4) is 0 Å². The molecule has 2 aromatic rings. The summed E-state index contributed by atoms with van der Waals surface area (Å²) in [5.41, 5.74) is 10.3. The maximum absolute atomic E-state index is 9.10. The Morgan fingerprint density at radius 1 is 1.40 bits per heavy atom. The Hall–Kier alpha value is -1.56. The molecule has 3 N–H and O–H groups in total. The smallest absolute Gasteiger partial charge is 0.142 e. The summed E-state index contributed by atoms with van der Waals surface area (Å²) in [4.78, 5) is 9.93. The van der Waals surface area contributed by atoms with Gasteiger partial charge in [0.2, 0.25) is 0 Å². The van der Waals surface area contributed by atoms with Crippen LogP contribution in [0.2, 0.25) is 5.02 Å². The van der Waals surface area contributed by atoms with Gasteiger partial charge in [0.15, 0.2) is 0 Å². The summed E-state index contributed by atoms with van der Waals surface area (Å²) < 4.78 is 0. The summed E-state index contributed by atoms with van der Waals surface area (Å²) in [5.74, 6) is 0. The fraction of sp³-hybridized carbons (Fsp3) is 0.250. The van der Waals surface area contributed by atoms with E-state index in [2.05, 4.69) is 32.4 Å².